The summed E-state index contributed by atoms with van der Waals surface area (Å²) < 4.78 is 27.1. The van der Waals surface area contributed by atoms with Crippen LogP contribution in [-0.2, 0) is 21.2 Å². The van der Waals surface area contributed by atoms with Crippen molar-refractivity contribution >= 4 is 44.9 Å². The average molecular weight is 432 g/mol. The number of halogens is 2. The summed E-state index contributed by atoms with van der Waals surface area (Å²) in [6.07, 6.45) is -0.274. The Balaban J connectivity index is 2.28. The van der Waals surface area contributed by atoms with E-state index in [9.17, 15) is 28.4 Å². The van der Waals surface area contributed by atoms with Crippen molar-refractivity contribution in [3.8, 4) is 0 Å². The maximum atomic E-state index is 12.5. The number of nitro groups is 1. The van der Waals surface area contributed by atoms with Crippen LogP contribution in [0.25, 0.3) is 0 Å². The van der Waals surface area contributed by atoms with Gasteiger partial charge in [-0.2, -0.15) is 0 Å². The Hall–Kier alpha value is -2.20. The minimum atomic E-state index is -4.29. The van der Waals surface area contributed by atoms with Crippen molar-refractivity contribution in [3.05, 3.63) is 67.7 Å². The first kappa shape index (κ1) is 21.1. The van der Waals surface area contributed by atoms with Crippen molar-refractivity contribution in [2.24, 2.45) is 0 Å². The lowest BCUT2D eigenvalue weighted by Gasteiger charge is -2.20. The van der Waals surface area contributed by atoms with Gasteiger partial charge < -0.3 is 9.90 Å². The Kier molecular flexibility index (Phi) is 6.42. The van der Waals surface area contributed by atoms with Crippen LogP contribution in [0.3, 0.4) is 0 Å². The van der Waals surface area contributed by atoms with E-state index in [0.717, 1.165) is 0 Å². The number of carbonyl (C=O) groups excluding carboxylic acids is 1. The van der Waals surface area contributed by atoms with Crippen molar-refractivity contribution in [2.75, 3.05) is 0 Å². The second kappa shape index (κ2) is 8.22. The first-order valence-electron chi connectivity index (χ1n) is 7.43. The first-order chi connectivity index (χ1) is 12.5. The molecule has 1 atom stereocenters. The molecular weight excluding hydrogens is 419 g/mol. The Morgan fingerprint density at radius 3 is 2.30 bits per heavy atom. The molecule has 0 aliphatic carbocycles. The summed E-state index contributed by atoms with van der Waals surface area (Å²) in [4.78, 5) is 21.1. The van der Waals surface area contributed by atoms with Crippen LogP contribution in [0.15, 0.2) is 41.3 Å². The van der Waals surface area contributed by atoms with E-state index < -0.39 is 27.0 Å². The van der Waals surface area contributed by atoms with E-state index in [1.165, 1.54) is 36.4 Å². The highest BCUT2D eigenvalue weighted by molar-refractivity contribution is 7.89. The lowest BCUT2D eigenvalue weighted by Crippen LogP contribution is -2.49. The molecule has 0 aliphatic heterocycles. The summed E-state index contributed by atoms with van der Waals surface area (Å²) in [5.41, 5.74) is 0.644. The molecule has 8 nitrogen and oxygen atoms in total. The standard InChI is InChI=1S/C16H14Cl2N2O6S/c1-9-6-15(13(18)8-12(9)17)27(25,26)19-14(16(21)22)7-10-2-4-11(5-3-10)20(23)24/h2-6,8,14,19H,7H2,1H3,(H,21,22)/p-1/t14-/m0/s1. The Morgan fingerprint density at radius 1 is 1.19 bits per heavy atom. The molecular formula is C16H13Cl2N2O6S-. The van der Waals surface area contributed by atoms with Gasteiger partial charge in [0.1, 0.15) is 4.90 Å². The van der Waals surface area contributed by atoms with Crippen molar-refractivity contribution in [1.29, 1.82) is 0 Å². The lowest BCUT2D eigenvalue weighted by molar-refractivity contribution is -0.384. The number of nitrogens with zero attached hydrogens (tertiary/aromatic N) is 1. The van der Waals surface area contributed by atoms with E-state index in [1.54, 1.807) is 6.92 Å². The number of carboxylic acids is 1. The molecule has 0 radical (unpaired) electrons. The van der Waals surface area contributed by atoms with E-state index in [0.29, 0.717) is 11.1 Å². The van der Waals surface area contributed by atoms with Crippen molar-refractivity contribution in [2.45, 2.75) is 24.3 Å². The molecule has 2 aromatic rings. The van der Waals surface area contributed by atoms with Gasteiger partial charge in [0.2, 0.25) is 10.0 Å². The zero-order chi connectivity index (χ0) is 20.4. The molecule has 0 unspecified atom stereocenters. The number of benzene rings is 2. The Labute approximate surface area is 164 Å². The molecule has 2 aromatic carbocycles. The third-order valence-corrected chi connectivity index (χ3v) is 6.02. The smallest absolute Gasteiger partial charge is 0.269 e. The number of nitrogens with one attached hydrogen (secondary N) is 1. The van der Waals surface area contributed by atoms with Crippen LogP contribution in [-0.4, -0.2) is 25.4 Å². The highest BCUT2D eigenvalue weighted by Crippen LogP contribution is 2.28. The van der Waals surface area contributed by atoms with Gasteiger partial charge in [-0.05, 0) is 36.6 Å². The molecule has 0 aliphatic rings. The van der Waals surface area contributed by atoms with Gasteiger partial charge in [-0.25, -0.2) is 13.1 Å². The number of rotatable bonds is 7. The molecule has 0 aromatic heterocycles. The van der Waals surface area contributed by atoms with Gasteiger partial charge in [0.25, 0.3) is 5.69 Å². The summed E-state index contributed by atoms with van der Waals surface area (Å²) in [6, 6.07) is 5.92. The number of nitro benzene ring substituents is 1. The number of carboxylic acid groups (broad SMARTS) is 1. The Bertz CT molecular complexity index is 993. The van der Waals surface area contributed by atoms with Crippen molar-refractivity contribution < 1.29 is 23.2 Å². The number of hydrogen-bond acceptors (Lipinski definition) is 6. The molecule has 2 rings (SSSR count). The van der Waals surface area contributed by atoms with Gasteiger partial charge in [0, 0.05) is 17.2 Å². The molecule has 0 heterocycles. The molecule has 0 bridgehead atoms. The maximum Gasteiger partial charge on any atom is 0.269 e. The monoisotopic (exact) mass is 431 g/mol. The fourth-order valence-corrected chi connectivity index (χ4v) is 4.27. The van der Waals surface area contributed by atoms with Gasteiger partial charge in [-0.3, -0.25) is 10.1 Å². The summed E-state index contributed by atoms with van der Waals surface area (Å²) in [5.74, 6) is -1.65. The van der Waals surface area contributed by atoms with Crippen LogP contribution in [0.5, 0.6) is 0 Å². The second-order valence-electron chi connectivity index (χ2n) is 5.65. The zero-order valence-electron chi connectivity index (χ0n) is 13.8. The number of aryl methyl sites for hydroxylation is 1. The summed E-state index contributed by atoms with van der Waals surface area (Å²) in [7, 11) is -4.29. The quantitative estimate of drug-likeness (QED) is 0.525. The van der Waals surface area contributed by atoms with E-state index in [-0.39, 0.29) is 27.0 Å². The predicted molar refractivity (Wildman–Crippen MR) is 97.1 cm³/mol. The molecule has 144 valence electrons. The third-order valence-electron chi connectivity index (χ3n) is 3.67. The third kappa shape index (κ3) is 5.16. The molecule has 1 N–H and O–H groups in total. The van der Waals surface area contributed by atoms with E-state index in [4.69, 9.17) is 23.2 Å². The van der Waals surface area contributed by atoms with E-state index >= 15 is 0 Å². The van der Waals surface area contributed by atoms with Crippen LogP contribution in [0, 0.1) is 17.0 Å². The van der Waals surface area contributed by atoms with E-state index in [1.807, 2.05) is 4.72 Å². The topological polar surface area (TPSA) is 129 Å². The molecule has 11 heteroatoms. The molecule has 0 amide bonds. The predicted octanol–water partition coefficient (Wildman–Crippen LogP) is 1.85. The summed E-state index contributed by atoms with van der Waals surface area (Å²) in [5, 5.41) is 22.2. The number of non-ortho nitro benzene ring substituents is 1. The molecule has 0 saturated heterocycles. The first-order valence-corrected chi connectivity index (χ1v) is 9.67. The van der Waals surface area contributed by atoms with Gasteiger partial charge in [0.05, 0.1) is 22.0 Å². The van der Waals surface area contributed by atoms with Crippen LogP contribution in [0.1, 0.15) is 11.1 Å². The minimum Gasteiger partial charge on any atom is -0.548 e. The largest absolute Gasteiger partial charge is 0.548 e. The Morgan fingerprint density at radius 2 is 1.78 bits per heavy atom. The summed E-state index contributed by atoms with van der Waals surface area (Å²) in [6.45, 7) is 1.57. The lowest BCUT2D eigenvalue weighted by atomic mass is 10.1. The number of sulfonamides is 1. The zero-order valence-corrected chi connectivity index (χ0v) is 16.1. The van der Waals surface area contributed by atoms with Gasteiger partial charge in [-0.1, -0.05) is 35.3 Å². The van der Waals surface area contributed by atoms with Crippen LogP contribution in [0.2, 0.25) is 10.0 Å². The maximum absolute atomic E-state index is 12.5. The minimum absolute atomic E-state index is 0.162. The number of carbonyl (C=O) groups is 1. The van der Waals surface area contributed by atoms with Crippen LogP contribution < -0.4 is 9.83 Å². The fraction of sp³-hybridized carbons (Fsp3) is 0.188. The van der Waals surface area contributed by atoms with Crippen LogP contribution >= 0.6 is 23.2 Å². The summed E-state index contributed by atoms with van der Waals surface area (Å²) >= 11 is 11.8. The number of hydrogen-bond donors (Lipinski definition) is 1. The van der Waals surface area contributed by atoms with Crippen molar-refractivity contribution in [3.63, 3.8) is 0 Å². The highest BCUT2D eigenvalue weighted by atomic mass is 35.5. The van der Waals surface area contributed by atoms with E-state index in [2.05, 4.69) is 0 Å². The normalized spacial score (nSPS) is 12.6. The second-order valence-corrected chi connectivity index (χ2v) is 8.15. The fourth-order valence-electron chi connectivity index (χ4n) is 2.25. The SMILES string of the molecule is Cc1cc(S(=O)(=O)N[C@@H](Cc2ccc([N+](=O)[O-])cc2)C(=O)[O-])c(Cl)cc1Cl. The van der Waals surface area contributed by atoms with Gasteiger partial charge >= 0.3 is 0 Å². The highest BCUT2D eigenvalue weighted by Gasteiger charge is 2.24. The molecule has 0 spiro atoms. The van der Waals surface area contributed by atoms with Crippen LogP contribution in [0.4, 0.5) is 5.69 Å². The van der Waals surface area contributed by atoms with Gasteiger partial charge in [-0.15, -0.1) is 0 Å². The van der Waals surface area contributed by atoms with Crippen molar-refractivity contribution in [1.82, 2.24) is 4.72 Å². The molecule has 0 saturated carbocycles. The average Bonchev–Trinajstić information content (AvgIpc) is 2.57. The molecule has 0 fully saturated rings. The molecule has 27 heavy (non-hydrogen) atoms. The van der Waals surface area contributed by atoms with Gasteiger partial charge in [0.15, 0.2) is 0 Å². The number of aliphatic carboxylic acids is 1.